The highest BCUT2D eigenvalue weighted by molar-refractivity contribution is 5.91. The van der Waals surface area contributed by atoms with Gasteiger partial charge in [-0.15, -0.1) is 0 Å². The maximum atomic E-state index is 13.1. The third-order valence-electron chi connectivity index (χ3n) is 7.25. The summed E-state index contributed by atoms with van der Waals surface area (Å²) in [6.07, 6.45) is 0.649. The van der Waals surface area contributed by atoms with Crippen LogP contribution in [0.4, 0.5) is 19.0 Å². The highest BCUT2D eigenvalue weighted by Gasteiger charge is 2.38. The quantitative estimate of drug-likeness (QED) is 0.567. The Morgan fingerprint density at radius 2 is 1.83 bits per heavy atom. The van der Waals surface area contributed by atoms with E-state index in [1.54, 1.807) is 0 Å². The first-order valence-electron chi connectivity index (χ1n) is 12.2. The van der Waals surface area contributed by atoms with Crippen molar-refractivity contribution in [3.05, 3.63) is 30.1 Å². The van der Waals surface area contributed by atoms with Gasteiger partial charge in [-0.05, 0) is 55.2 Å². The Kier molecular flexibility index (Phi) is 7.24. The normalized spacial score (nSPS) is 23.1. The van der Waals surface area contributed by atoms with E-state index in [-0.39, 0.29) is 41.2 Å². The lowest BCUT2D eigenvalue weighted by Crippen LogP contribution is -2.63. The van der Waals surface area contributed by atoms with E-state index >= 15 is 0 Å². The number of aliphatic hydroxyl groups excluding tert-OH is 1. The molecule has 1 aliphatic heterocycles. The van der Waals surface area contributed by atoms with Crippen LogP contribution in [0.15, 0.2) is 24.5 Å². The zero-order valence-corrected chi connectivity index (χ0v) is 20.4. The van der Waals surface area contributed by atoms with E-state index in [9.17, 15) is 23.1 Å². The lowest BCUT2D eigenvalue weighted by Gasteiger charge is -2.47. The Bertz CT molecular complexity index is 1040. The minimum Gasteiger partial charge on any atom is -0.392 e. The number of alkyl halides is 3. The number of carbonyl (C=O) groups excluding carboxylic acids is 1. The Balaban J connectivity index is 1.23. The second-order valence-corrected chi connectivity index (χ2v) is 10.9. The summed E-state index contributed by atoms with van der Waals surface area (Å²) >= 11 is 0. The highest BCUT2D eigenvalue weighted by Crippen LogP contribution is 2.37. The summed E-state index contributed by atoms with van der Waals surface area (Å²) in [7, 11) is 0. The molecule has 1 atom stereocenters. The van der Waals surface area contributed by atoms with Gasteiger partial charge in [0.05, 0.1) is 29.8 Å². The number of aromatic nitrogens is 2. The molecular weight excluding hydrogens is 459 g/mol. The van der Waals surface area contributed by atoms with E-state index in [0.717, 1.165) is 50.9 Å². The third-order valence-corrected chi connectivity index (χ3v) is 7.25. The van der Waals surface area contributed by atoms with Gasteiger partial charge in [-0.3, -0.25) is 9.69 Å². The molecule has 2 heterocycles. The van der Waals surface area contributed by atoms with Crippen molar-refractivity contribution in [2.45, 2.75) is 70.8 Å². The Labute approximate surface area is 203 Å². The number of nitrogens with one attached hydrogen (secondary N) is 2. The van der Waals surface area contributed by atoms with Crippen molar-refractivity contribution in [2.75, 3.05) is 25.0 Å². The van der Waals surface area contributed by atoms with Gasteiger partial charge in [0.25, 0.3) is 0 Å². The van der Waals surface area contributed by atoms with Crippen molar-refractivity contribution in [3.8, 4) is 0 Å². The molecular formula is C25H34F3N5O2. The van der Waals surface area contributed by atoms with Gasteiger partial charge in [0.2, 0.25) is 5.91 Å². The van der Waals surface area contributed by atoms with Crippen LogP contribution in [0, 0.1) is 11.3 Å². The minimum atomic E-state index is -4.47. The van der Waals surface area contributed by atoms with Crippen LogP contribution in [-0.2, 0) is 11.0 Å². The first-order chi connectivity index (χ1) is 16.4. The van der Waals surface area contributed by atoms with E-state index in [0.29, 0.717) is 17.5 Å². The molecule has 2 aliphatic rings. The molecule has 10 heteroatoms. The van der Waals surface area contributed by atoms with Crippen LogP contribution in [-0.4, -0.2) is 63.7 Å². The summed E-state index contributed by atoms with van der Waals surface area (Å²) in [5, 5.41) is 16.6. The second-order valence-electron chi connectivity index (χ2n) is 10.9. The van der Waals surface area contributed by atoms with Crippen molar-refractivity contribution in [1.82, 2.24) is 20.2 Å². The van der Waals surface area contributed by atoms with E-state index in [2.05, 4.69) is 46.3 Å². The number of amides is 1. The van der Waals surface area contributed by atoms with Gasteiger partial charge >= 0.3 is 6.18 Å². The van der Waals surface area contributed by atoms with Gasteiger partial charge in [0.15, 0.2) is 0 Å². The van der Waals surface area contributed by atoms with Crippen LogP contribution in [0.5, 0.6) is 0 Å². The molecule has 1 aromatic carbocycles. The molecule has 192 valence electrons. The maximum absolute atomic E-state index is 13.1. The molecule has 1 saturated carbocycles. The highest BCUT2D eigenvalue weighted by atomic mass is 19.4. The van der Waals surface area contributed by atoms with Gasteiger partial charge in [-0.1, -0.05) is 20.8 Å². The average Bonchev–Trinajstić information content (AvgIpc) is 2.78. The number of anilines is 1. The zero-order chi connectivity index (χ0) is 25.4. The predicted molar refractivity (Wildman–Crippen MR) is 128 cm³/mol. The Morgan fingerprint density at radius 1 is 1.14 bits per heavy atom. The molecule has 2 aromatic rings. The maximum Gasteiger partial charge on any atom is 0.416 e. The topological polar surface area (TPSA) is 90.4 Å². The number of aliphatic hydroxyl groups is 1. The van der Waals surface area contributed by atoms with Gasteiger partial charge in [-0.2, -0.15) is 13.2 Å². The monoisotopic (exact) mass is 493 g/mol. The van der Waals surface area contributed by atoms with Crippen molar-refractivity contribution in [2.24, 2.45) is 11.3 Å². The third kappa shape index (κ3) is 6.03. The molecule has 3 N–H and O–H groups in total. The minimum absolute atomic E-state index is 0.0566. The number of likely N-dealkylation sites (tertiary alicyclic amines) is 1. The van der Waals surface area contributed by atoms with Gasteiger partial charge in [0.1, 0.15) is 12.1 Å². The lowest BCUT2D eigenvalue weighted by atomic mass is 9.73. The number of carbonyl (C=O) groups is 1. The average molecular weight is 494 g/mol. The number of benzene rings is 1. The molecule has 2 fully saturated rings. The number of nitrogens with zero attached hydrogens (tertiary/aromatic N) is 3. The molecule has 1 aromatic heterocycles. The van der Waals surface area contributed by atoms with Gasteiger partial charge in [0, 0.05) is 24.5 Å². The van der Waals surface area contributed by atoms with Crippen LogP contribution in [0.2, 0.25) is 0 Å². The number of rotatable bonds is 6. The standard InChI is InChI=1S/C25H34F3N5O2/c1-24(2,3)22(35)15-4-7-18(8-5-15)33-12-17(13-33)32-21(34)11-29-23-19-10-16(25(26,27)28)6-9-20(19)30-14-31-23/h6,9-10,14-15,17-18,22,35H,4-5,7-8,11-13H2,1-3H3,(H,32,34)(H,29,30,31)/t15-,18-,22?. The SMILES string of the molecule is CC(C)(C)C(O)[C@H]1CC[C@H](N2CC(NC(=O)CNc3ncnc4ccc(C(F)(F)F)cc34)C2)CC1. The van der Waals surface area contributed by atoms with E-state index in [1.165, 1.54) is 12.4 Å². The largest absolute Gasteiger partial charge is 0.416 e. The second kappa shape index (κ2) is 9.89. The summed E-state index contributed by atoms with van der Waals surface area (Å²) in [6.45, 7) is 7.72. The first-order valence-corrected chi connectivity index (χ1v) is 12.2. The van der Waals surface area contributed by atoms with Crippen molar-refractivity contribution < 1.29 is 23.1 Å². The van der Waals surface area contributed by atoms with Crippen molar-refractivity contribution in [1.29, 1.82) is 0 Å². The zero-order valence-electron chi connectivity index (χ0n) is 20.4. The van der Waals surface area contributed by atoms with Gasteiger partial charge in [-0.25, -0.2) is 9.97 Å². The molecule has 1 unspecified atom stereocenters. The fraction of sp³-hybridized carbons (Fsp3) is 0.640. The summed E-state index contributed by atoms with van der Waals surface area (Å²) in [5.41, 5.74) is -0.518. The van der Waals surface area contributed by atoms with Crippen LogP contribution < -0.4 is 10.6 Å². The van der Waals surface area contributed by atoms with Crippen LogP contribution in [0.25, 0.3) is 10.9 Å². The van der Waals surface area contributed by atoms with Crippen LogP contribution in [0.1, 0.15) is 52.0 Å². The van der Waals surface area contributed by atoms with E-state index in [4.69, 9.17) is 0 Å². The smallest absolute Gasteiger partial charge is 0.392 e. The van der Waals surface area contributed by atoms with Gasteiger partial charge < -0.3 is 15.7 Å². The molecule has 0 radical (unpaired) electrons. The summed E-state index contributed by atoms with van der Waals surface area (Å²) in [4.78, 5) is 22.8. The lowest BCUT2D eigenvalue weighted by molar-refractivity contribution is -0.137. The fourth-order valence-corrected chi connectivity index (χ4v) is 5.21. The van der Waals surface area contributed by atoms with Crippen LogP contribution in [0.3, 0.4) is 0 Å². The molecule has 0 bridgehead atoms. The number of halogens is 3. The van der Waals surface area contributed by atoms with Crippen molar-refractivity contribution in [3.63, 3.8) is 0 Å². The van der Waals surface area contributed by atoms with Crippen molar-refractivity contribution >= 4 is 22.6 Å². The summed E-state index contributed by atoms with van der Waals surface area (Å²) in [5.74, 6) is 0.310. The molecule has 1 saturated heterocycles. The number of hydrogen-bond acceptors (Lipinski definition) is 6. The summed E-state index contributed by atoms with van der Waals surface area (Å²) < 4.78 is 39.2. The van der Waals surface area contributed by atoms with E-state index in [1.807, 2.05) is 0 Å². The molecule has 4 rings (SSSR count). The predicted octanol–water partition coefficient (Wildman–Crippen LogP) is 3.83. The molecule has 35 heavy (non-hydrogen) atoms. The Morgan fingerprint density at radius 3 is 2.46 bits per heavy atom. The van der Waals surface area contributed by atoms with E-state index < -0.39 is 11.7 Å². The molecule has 7 nitrogen and oxygen atoms in total. The van der Waals surface area contributed by atoms with Crippen LogP contribution >= 0.6 is 0 Å². The summed E-state index contributed by atoms with van der Waals surface area (Å²) in [6, 6.07) is 3.81. The number of fused-ring (bicyclic) bond motifs is 1. The first kappa shape index (κ1) is 25.6. The number of hydrogen-bond donors (Lipinski definition) is 3. The molecule has 1 amide bonds. The molecule has 1 aliphatic carbocycles. The Hall–Kier alpha value is -2.46. The fourth-order valence-electron chi connectivity index (χ4n) is 5.21. The molecule has 0 spiro atoms.